The zero-order chi connectivity index (χ0) is 13.0. The summed E-state index contributed by atoms with van der Waals surface area (Å²) in [6, 6.07) is 9.95. The molecule has 1 aliphatic carbocycles. The van der Waals surface area contributed by atoms with Gasteiger partial charge in [0, 0.05) is 6.42 Å². The maximum atomic E-state index is 11.8. The molecule has 1 saturated carbocycles. The lowest BCUT2D eigenvalue weighted by molar-refractivity contribution is -0.127. The lowest BCUT2D eigenvalue weighted by Gasteiger charge is -2.11. The number of rotatable bonds is 3. The number of Topliss-reactive ketones (excluding diaryl/α,β-unsaturated/α-hetero) is 1. The lowest BCUT2D eigenvalue weighted by Crippen LogP contribution is -2.21. The molecule has 1 fully saturated rings. The Kier molecular flexibility index (Phi) is 4.37. The largest absolute Gasteiger partial charge is 0.299 e. The quantitative estimate of drug-likeness (QED) is 0.783. The summed E-state index contributed by atoms with van der Waals surface area (Å²) in [5.41, 5.74) is 1.10. The molecule has 0 bridgehead atoms. The third kappa shape index (κ3) is 2.91. The van der Waals surface area contributed by atoms with Crippen LogP contribution in [0.2, 0.25) is 0 Å². The standard InChI is InChI=1S/C15H16O2S/c1-18-15(17)14-12(9-10-13(14)16)8-7-11-5-3-2-4-6-11/h2-8,12,14H,9-10H2,1H3/b8-7+. The van der Waals surface area contributed by atoms with E-state index in [2.05, 4.69) is 0 Å². The third-order valence-electron chi connectivity index (χ3n) is 3.29. The predicted molar refractivity (Wildman–Crippen MR) is 75.2 cm³/mol. The molecular formula is C15H16O2S. The van der Waals surface area contributed by atoms with Crippen molar-refractivity contribution in [1.29, 1.82) is 0 Å². The van der Waals surface area contributed by atoms with E-state index in [-0.39, 0.29) is 16.8 Å². The smallest absolute Gasteiger partial charge is 0.199 e. The second-order valence-corrected chi connectivity index (χ2v) is 5.25. The van der Waals surface area contributed by atoms with E-state index in [9.17, 15) is 9.59 Å². The van der Waals surface area contributed by atoms with Crippen LogP contribution in [-0.2, 0) is 9.59 Å². The van der Waals surface area contributed by atoms with Gasteiger partial charge >= 0.3 is 0 Å². The molecule has 94 valence electrons. The van der Waals surface area contributed by atoms with Crippen LogP contribution in [0.1, 0.15) is 18.4 Å². The number of benzene rings is 1. The van der Waals surface area contributed by atoms with Crippen LogP contribution in [0, 0.1) is 11.8 Å². The average molecular weight is 260 g/mol. The molecule has 0 spiro atoms. The van der Waals surface area contributed by atoms with Crippen molar-refractivity contribution in [2.45, 2.75) is 12.8 Å². The van der Waals surface area contributed by atoms with Gasteiger partial charge in [-0.25, -0.2) is 0 Å². The normalized spacial score (nSPS) is 23.7. The molecule has 0 radical (unpaired) electrons. The van der Waals surface area contributed by atoms with Gasteiger partial charge in [0.2, 0.25) is 0 Å². The molecule has 3 heteroatoms. The van der Waals surface area contributed by atoms with Gasteiger partial charge in [0.05, 0.1) is 5.92 Å². The van der Waals surface area contributed by atoms with Crippen LogP contribution in [-0.4, -0.2) is 17.2 Å². The summed E-state index contributed by atoms with van der Waals surface area (Å²) in [6.07, 6.45) is 7.08. The molecule has 0 aliphatic heterocycles. The number of hydrogen-bond donors (Lipinski definition) is 0. The van der Waals surface area contributed by atoms with Crippen molar-refractivity contribution in [2.24, 2.45) is 11.8 Å². The van der Waals surface area contributed by atoms with Crippen LogP contribution in [0.25, 0.3) is 6.08 Å². The molecule has 0 aromatic heterocycles. The van der Waals surface area contributed by atoms with Crippen LogP contribution >= 0.6 is 11.8 Å². The van der Waals surface area contributed by atoms with Crippen LogP contribution in [0.5, 0.6) is 0 Å². The van der Waals surface area contributed by atoms with E-state index >= 15 is 0 Å². The lowest BCUT2D eigenvalue weighted by atomic mass is 9.95. The summed E-state index contributed by atoms with van der Waals surface area (Å²) < 4.78 is 0. The van der Waals surface area contributed by atoms with Crippen molar-refractivity contribution in [1.82, 2.24) is 0 Å². The minimum absolute atomic E-state index is 0.000196. The van der Waals surface area contributed by atoms with Crippen LogP contribution in [0.3, 0.4) is 0 Å². The second kappa shape index (κ2) is 6.01. The molecule has 0 saturated heterocycles. The highest BCUT2D eigenvalue weighted by Crippen LogP contribution is 2.33. The topological polar surface area (TPSA) is 34.1 Å². The van der Waals surface area contributed by atoms with Crippen molar-refractivity contribution < 1.29 is 9.59 Å². The van der Waals surface area contributed by atoms with Crippen molar-refractivity contribution in [3.8, 4) is 0 Å². The monoisotopic (exact) mass is 260 g/mol. The van der Waals surface area contributed by atoms with E-state index in [4.69, 9.17) is 0 Å². The van der Waals surface area contributed by atoms with Crippen molar-refractivity contribution >= 4 is 28.7 Å². The van der Waals surface area contributed by atoms with Gasteiger partial charge in [-0.2, -0.15) is 0 Å². The molecule has 0 heterocycles. The first-order valence-electron chi connectivity index (χ1n) is 6.06. The second-order valence-electron chi connectivity index (χ2n) is 4.44. The fraction of sp³-hybridized carbons (Fsp3) is 0.333. The first-order chi connectivity index (χ1) is 8.72. The zero-order valence-electron chi connectivity index (χ0n) is 10.3. The Balaban J connectivity index is 2.11. The summed E-state index contributed by atoms with van der Waals surface area (Å²) in [5, 5.41) is 0.000196. The van der Waals surface area contributed by atoms with Crippen LogP contribution in [0.4, 0.5) is 0 Å². The van der Waals surface area contributed by atoms with E-state index in [1.54, 1.807) is 6.26 Å². The highest BCUT2D eigenvalue weighted by molar-refractivity contribution is 8.13. The Bertz CT molecular complexity index is 465. The summed E-state index contributed by atoms with van der Waals surface area (Å²) in [4.78, 5) is 23.5. The molecule has 18 heavy (non-hydrogen) atoms. The van der Waals surface area contributed by atoms with Gasteiger partial charge in [-0.3, -0.25) is 9.59 Å². The maximum Gasteiger partial charge on any atom is 0.199 e. The first kappa shape index (κ1) is 13.1. The van der Waals surface area contributed by atoms with Gasteiger partial charge in [-0.15, -0.1) is 0 Å². The van der Waals surface area contributed by atoms with Crippen molar-refractivity contribution in [3.05, 3.63) is 42.0 Å². The Morgan fingerprint density at radius 2 is 2.06 bits per heavy atom. The van der Waals surface area contributed by atoms with Gasteiger partial charge in [0.15, 0.2) is 5.12 Å². The Labute approximate surface area is 111 Å². The highest BCUT2D eigenvalue weighted by Gasteiger charge is 2.37. The molecule has 2 rings (SSSR count). The Morgan fingerprint density at radius 3 is 2.72 bits per heavy atom. The molecule has 1 aromatic rings. The predicted octanol–water partition coefficient (Wildman–Crippen LogP) is 3.18. The first-order valence-corrected chi connectivity index (χ1v) is 7.28. The van der Waals surface area contributed by atoms with Crippen molar-refractivity contribution in [2.75, 3.05) is 6.26 Å². The van der Waals surface area contributed by atoms with E-state index in [1.165, 1.54) is 0 Å². The number of carbonyl (C=O) groups is 2. The van der Waals surface area contributed by atoms with E-state index < -0.39 is 5.92 Å². The highest BCUT2D eigenvalue weighted by atomic mass is 32.2. The number of thioether (sulfide) groups is 1. The number of ketones is 1. The maximum absolute atomic E-state index is 11.8. The zero-order valence-corrected chi connectivity index (χ0v) is 11.2. The molecule has 1 aromatic carbocycles. The minimum Gasteiger partial charge on any atom is -0.299 e. The molecule has 2 atom stereocenters. The van der Waals surface area contributed by atoms with E-state index in [0.29, 0.717) is 6.42 Å². The third-order valence-corrected chi connectivity index (χ3v) is 3.95. The van der Waals surface area contributed by atoms with Gasteiger partial charge in [-0.1, -0.05) is 54.2 Å². The molecule has 0 amide bonds. The van der Waals surface area contributed by atoms with Crippen LogP contribution in [0.15, 0.2) is 36.4 Å². The average Bonchev–Trinajstić information content (AvgIpc) is 2.78. The van der Waals surface area contributed by atoms with Gasteiger partial charge < -0.3 is 0 Å². The fourth-order valence-corrected chi connectivity index (χ4v) is 2.87. The van der Waals surface area contributed by atoms with E-state index in [0.717, 1.165) is 23.7 Å². The summed E-state index contributed by atoms with van der Waals surface area (Å²) >= 11 is 1.16. The molecule has 2 nitrogen and oxygen atoms in total. The molecule has 1 aliphatic rings. The van der Waals surface area contributed by atoms with Gasteiger partial charge in [-0.05, 0) is 24.2 Å². The molecule has 0 N–H and O–H groups in total. The van der Waals surface area contributed by atoms with Gasteiger partial charge in [0.25, 0.3) is 0 Å². The van der Waals surface area contributed by atoms with Gasteiger partial charge in [0.1, 0.15) is 5.78 Å². The number of hydrogen-bond acceptors (Lipinski definition) is 3. The minimum atomic E-state index is -0.431. The molecular weight excluding hydrogens is 244 g/mol. The number of carbonyl (C=O) groups excluding carboxylic acids is 2. The van der Waals surface area contributed by atoms with Crippen LogP contribution < -0.4 is 0 Å². The fourth-order valence-electron chi connectivity index (χ4n) is 2.31. The van der Waals surface area contributed by atoms with E-state index in [1.807, 2.05) is 42.5 Å². The Morgan fingerprint density at radius 1 is 1.33 bits per heavy atom. The summed E-state index contributed by atoms with van der Waals surface area (Å²) in [5.74, 6) is -0.269. The summed E-state index contributed by atoms with van der Waals surface area (Å²) in [6.45, 7) is 0. The Hall–Kier alpha value is -1.35. The molecule has 2 unspecified atom stereocenters. The van der Waals surface area contributed by atoms with Crippen molar-refractivity contribution in [3.63, 3.8) is 0 Å². The SMILES string of the molecule is CSC(=O)C1C(=O)CCC1/C=C/c1ccccc1. The summed E-state index contributed by atoms with van der Waals surface area (Å²) in [7, 11) is 0. The number of allylic oxidation sites excluding steroid dienone is 1.